The summed E-state index contributed by atoms with van der Waals surface area (Å²) in [5.41, 5.74) is 0.320. The van der Waals surface area contributed by atoms with Crippen molar-refractivity contribution in [3.63, 3.8) is 0 Å². The van der Waals surface area contributed by atoms with Crippen LogP contribution < -0.4 is 9.47 Å². The maximum Gasteiger partial charge on any atom is 0.169 e. The SMILES string of the molecule is COc1cc(/C=C/C(=O)C2(C(=O)/C=C/c3ccc(O)c(OCC(C)C)c3)CCCCC2)ccc1O. The van der Waals surface area contributed by atoms with Crippen LogP contribution in [-0.2, 0) is 9.59 Å². The third kappa shape index (κ3) is 6.53. The number of ketones is 2. The molecule has 0 bridgehead atoms. The Morgan fingerprint density at radius 2 is 1.40 bits per heavy atom. The van der Waals surface area contributed by atoms with E-state index in [2.05, 4.69) is 0 Å². The van der Waals surface area contributed by atoms with E-state index in [4.69, 9.17) is 9.47 Å². The van der Waals surface area contributed by atoms with E-state index in [9.17, 15) is 19.8 Å². The van der Waals surface area contributed by atoms with Gasteiger partial charge in [0.05, 0.1) is 19.1 Å². The fraction of sp³-hybridized carbons (Fsp3) is 0.379. The molecular weight excluding hydrogens is 444 g/mol. The van der Waals surface area contributed by atoms with Crippen molar-refractivity contribution in [2.24, 2.45) is 11.3 Å². The third-order valence-electron chi connectivity index (χ3n) is 6.26. The first kappa shape index (κ1) is 26.1. The molecule has 2 aromatic carbocycles. The van der Waals surface area contributed by atoms with Crippen molar-refractivity contribution in [1.29, 1.82) is 0 Å². The maximum absolute atomic E-state index is 13.4. The lowest BCUT2D eigenvalue weighted by Crippen LogP contribution is -2.39. The van der Waals surface area contributed by atoms with Crippen molar-refractivity contribution in [1.82, 2.24) is 0 Å². The zero-order valence-electron chi connectivity index (χ0n) is 20.6. The second kappa shape index (κ2) is 11.7. The van der Waals surface area contributed by atoms with Gasteiger partial charge < -0.3 is 19.7 Å². The average Bonchev–Trinajstić information content (AvgIpc) is 2.86. The van der Waals surface area contributed by atoms with Gasteiger partial charge >= 0.3 is 0 Å². The minimum absolute atomic E-state index is 0.0204. The van der Waals surface area contributed by atoms with E-state index in [0.717, 1.165) is 19.3 Å². The van der Waals surface area contributed by atoms with Gasteiger partial charge in [0.15, 0.2) is 34.6 Å². The number of hydrogen-bond acceptors (Lipinski definition) is 6. The summed E-state index contributed by atoms with van der Waals surface area (Å²) in [5.74, 6) is 0.623. The van der Waals surface area contributed by atoms with E-state index in [1.54, 1.807) is 36.4 Å². The molecule has 1 saturated carbocycles. The highest BCUT2D eigenvalue weighted by molar-refractivity contribution is 6.17. The fourth-order valence-corrected chi connectivity index (χ4v) is 4.24. The number of carbonyl (C=O) groups excluding carboxylic acids is 2. The Bertz CT molecular complexity index is 1110. The summed E-state index contributed by atoms with van der Waals surface area (Å²) in [6.45, 7) is 4.51. The molecule has 0 unspecified atom stereocenters. The predicted molar refractivity (Wildman–Crippen MR) is 137 cm³/mol. The van der Waals surface area contributed by atoms with Crippen LogP contribution in [0.15, 0.2) is 48.6 Å². The molecule has 0 atom stereocenters. The second-order valence-corrected chi connectivity index (χ2v) is 9.40. The molecule has 186 valence electrons. The minimum atomic E-state index is -1.08. The van der Waals surface area contributed by atoms with Gasteiger partial charge in [0.25, 0.3) is 0 Å². The number of allylic oxidation sites excluding steroid dienone is 2. The van der Waals surface area contributed by atoms with E-state index in [0.29, 0.717) is 48.0 Å². The summed E-state index contributed by atoms with van der Waals surface area (Å²) in [6.07, 6.45) is 9.91. The molecule has 0 heterocycles. The van der Waals surface area contributed by atoms with Crippen LogP contribution in [0.5, 0.6) is 23.0 Å². The number of benzene rings is 2. The molecule has 0 saturated heterocycles. The van der Waals surface area contributed by atoms with Crippen molar-refractivity contribution in [2.75, 3.05) is 13.7 Å². The van der Waals surface area contributed by atoms with Crippen LogP contribution in [0.2, 0.25) is 0 Å². The van der Waals surface area contributed by atoms with Gasteiger partial charge in [0.1, 0.15) is 0 Å². The van der Waals surface area contributed by atoms with Gasteiger partial charge in [-0.3, -0.25) is 9.59 Å². The first-order chi connectivity index (χ1) is 16.7. The maximum atomic E-state index is 13.4. The molecule has 6 nitrogen and oxygen atoms in total. The number of phenolic OH excluding ortho intramolecular Hbond substituents is 2. The fourth-order valence-electron chi connectivity index (χ4n) is 4.24. The normalized spacial score (nSPS) is 15.5. The molecule has 1 aliphatic carbocycles. The quantitative estimate of drug-likeness (QED) is 0.323. The summed E-state index contributed by atoms with van der Waals surface area (Å²) >= 11 is 0. The van der Waals surface area contributed by atoms with Crippen LogP contribution in [0.25, 0.3) is 12.2 Å². The van der Waals surface area contributed by atoms with Crippen LogP contribution >= 0.6 is 0 Å². The molecule has 35 heavy (non-hydrogen) atoms. The summed E-state index contributed by atoms with van der Waals surface area (Å²) in [6, 6.07) is 9.75. The number of aromatic hydroxyl groups is 2. The molecule has 6 heteroatoms. The molecule has 3 rings (SSSR count). The Hall–Kier alpha value is -3.54. The molecule has 0 amide bonds. The molecule has 1 aliphatic rings. The Balaban J connectivity index is 1.81. The van der Waals surface area contributed by atoms with E-state index >= 15 is 0 Å². The summed E-state index contributed by atoms with van der Waals surface area (Å²) in [7, 11) is 1.46. The zero-order chi connectivity index (χ0) is 25.4. The molecule has 2 N–H and O–H groups in total. The topological polar surface area (TPSA) is 93.1 Å². The number of ether oxygens (including phenoxy) is 2. The van der Waals surface area contributed by atoms with Crippen molar-refractivity contribution in [3.05, 3.63) is 59.7 Å². The smallest absolute Gasteiger partial charge is 0.169 e. The van der Waals surface area contributed by atoms with Gasteiger partial charge in [-0.05, 0) is 66.3 Å². The second-order valence-electron chi connectivity index (χ2n) is 9.40. The number of hydrogen-bond donors (Lipinski definition) is 2. The molecule has 2 aromatic rings. The lowest BCUT2D eigenvalue weighted by atomic mass is 9.68. The van der Waals surface area contributed by atoms with Gasteiger partial charge in [0.2, 0.25) is 0 Å². The standard InChI is InChI=1S/C29H34O6/c1-20(2)19-35-26-18-22(8-12-24(26)31)10-14-28(33)29(15-5-4-6-16-29)27(32)13-9-21-7-11-23(30)25(17-21)34-3/h7-14,17-18,20,30-31H,4-6,15-16,19H2,1-3H3/b13-9+,14-10+. The van der Waals surface area contributed by atoms with Gasteiger partial charge in [-0.2, -0.15) is 0 Å². The molecule has 1 fully saturated rings. The summed E-state index contributed by atoms with van der Waals surface area (Å²) in [4.78, 5) is 26.7. The van der Waals surface area contributed by atoms with E-state index in [1.165, 1.54) is 31.4 Å². The third-order valence-corrected chi connectivity index (χ3v) is 6.26. The first-order valence-electron chi connectivity index (χ1n) is 12.0. The number of rotatable bonds is 10. The largest absolute Gasteiger partial charge is 0.504 e. The predicted octanol–water partition coefficient (Wildman–Crippen LogP) is 5.96. The Morgan fingerprint density at radius 3 is 1.91 bits per heavy atom. The molecule has 0 aliphatic heterocycles. The lowest BCUT2D eigenvalue weighted by molar-refractivity contribution is -0.137. The average molecular weight is 479 g/mol. The van der Waals surface area contributed by atoms with Crippen LogP contribution in [0, 0.1) is 11.3 Å². The van der Waals surface area contributed by atoms with E-state index in [-0.39, 0.29) is 23.1 Å². The van der Waals surface area contributed by atoms with Crippen LogP contribution in [0.1, 0.15) is 57.1 Å². The lowest BCUT2D eigenvalue weighted by Gasteiger charge is -2.32. The Morgan fingerprint density at radius 1 is 0.886 bits per heavy atom. The highest BCUT2D eigenvalue weighted by Crippen LogP contribution is 2.39. The molecule has 0 radical (unpaired) electrons. The van der Waals surface area contributed by atoms with E-state index in [1.807, 2.05) is 13.8 Å². The molecular formula is C29H34O6. The van der Waals surface area contributed by atoms with Gasteiger partial charge in [-0.1, -0.05) is 57.4 Å². The Kier molecular flexibility index (Phi) is 8.74. The Labute approximate surface area is 206 Å². The number of carbonyl (C=O) groups is 2. The van der Waals surface area contributed by atoms with Crippen molar-refractivity contribution < 1.29 is 29.3 Å². The van der Waals surface area contributed by atoms with Crippen LogP contribution in [0.4, 0.5) is 0 Å². The van der Waals surface area contributed by atoms with Crippen LogP contribution in [-0.4, -0.2) is 35.5 Å². The van der Waals surface area contributed by atoms with Crippen molar-refractivity contribution in [3.8, 4) is 23.0 Å². The van der Waals surface area contributed by atoms with Gasteiger partial charge in [-0.25, -0.2) is 0 Å². The van der Waals surface area contributed by atoms with Gasteiger partial charge in [-0.15, -0.1) is 0 Å². The minimum Gasteiger partial charge on any atom is -0.504 e. The number of methoxy groups -OCH3 is 1. The first-order valence-corrected chi connectivity index (χ1v) is 12.0. The molecule has 0 aromatic heterocycles. The summed E-state index contributed by atoms with van der Waals surface area (Å²) < 4.78 is 10.8. The number of phenols is 2. The highest BCUT2D eigenvalue weighted by atomic mass is 16.5. The summed E-state index contributed by atoms with van der Waals surface area (Å²) in [5, 5.41) is 19.8. The van der Waals surface area contributed by atoms with Crippen molar-refractivity contribution in [2.45, 2.75) is 46.0 Å². The highest BCUT2D eigenvalue weighted by Gasteiger charge is 2.43. The monoisotopic (exact) mass is 478 g/mol. The van der Waals surface area contributed by atoms with Crippen molar-refractivity contribution >= 4 is 23.7 Å². The van der Waals surface area contributed by atoms with E-state index < -0.39 is 5.41 Å². The van der Waals surface area contributed by atoms with Gasteiger partial charge in [0, 0.05) is 0 Å². The van der Waals surface area contributed by atoms with Crippen LogP contribution in [0.3, 0.4) is 0 Å². The zero-order valence-corrected chi connectivity index (χ0v) is 20.6. The molecule has 0 spiro atoms.